The van der Waals surface area contributed by atoms with E-state index in [1.165, 1.54) is 0 Å². The van der Waals surface area contributed by atoms with Crippen LogP contribution in [-0.2, 0) is 0 Å². The Balaban J connectivity index is 1.40. The molecule has 1 amide bonds. The fourth-order valence-corrected chi connectivity index (χ4v) is 2.71. The molecule has 0 saturated carbocycles. The van der Waals surface area contributed by atoms with E-state index in [1.54, 1.807) is 37.8 Å². The van der Waals surface area contributed by atoms with Crippen LogP contribution in [0.4, 0.5) is 5.95 Å². The zero-order valence-corrected chi connectivity index (χ0v) is 14.3. The Morgan fingerprint density at radius 1 is 1.16 bits per heavy atom. The van der Waals surface area contributed by atoms with Crippen molar-refractivity contribution in [3.8, 4) is 5.75 Å². The smallest absolute Gasteiger partial charge is 0.270 e. The highest BCUT2D eigenvalue weighted by atomic mass is 16.5. The van der Waals surface area contributed by atoms with E-state index in [0.29, 0.717) is 18.0 Å². The molecule has 3 heterocycles. The van der Waals surface area contributed by atoms with Gasteiger partial charge in [0.1, 0.15) is 11.4 Å². The number of carbonyl (C=O) groups is 1. The Labute approximate surface area is 146 Å². The minimum Gasteiger partial charge on any atom is -0.497 e. The van der Waals surface area contributed by atoms with Gasteiger partial charge in [-0.25, -0.2) is 9.97 Å². The number of hydrogen-bond donors (Lipinski definition) is 1. The summed E-state index contributed by atoms with van der Waals surface area (Å²) in [6, 6.07) is 5.17. The second kappa shape index (κ2) is 8.39. The number of pyridine rings is 1. The van der Waals surface area contributed by atoms with E-state index in [4.69, 9.17) is 4.74 Å². The third-order valence-electron chi connectivity index (χ3n) is 4.12. The van der Waals surface area contributed by atoms with E-state index in [2.05, 4.69) is 30.1 Å². The first-order valence-electron chi connectivity index (χ1n) is 8.29. The van der Waals surface area contributed by atoms with Crippen molar-refractivity contribution in [1.82, 2.24) is 25.2 Å². The van der Waals surface area contributed by atoms with Gasteiger partial charge in [0.2, 0.25) is 5.95 Å². The van der Waals surface area contributed by atoms with Crippen LogP contribution in [0.2, 0.25) is 0 Å². The number of nitrogens with zero attached hydrogens (tertiary/aromatic N) is 5. The number of anilines is 1. The van der Waals surface area contributed by atoms with Gasteiger partial charge in [-0.05, 0) is 12.1 Å². The van der Waals surface area contributed by atoms with Crippen molar-refractivity contribution in [2.75, 3.05) is 51.3 Å². The van der Waals surface area contributed by atoms with Crippen LogP contribution in [0, 0.1) is 0 Å². The normalized spacial score (nSPS) is 15.0. The van der Waals surface area contributed by atoms with Gasteiger partial charge >= 0.3 is 0 Å². The summed E-state index contributed by atoms with van der Waals surface area (Å²) >= 11 is 0. The molecule has 8 heteroatoms. The van der Waals surface area contributed by atoms with E-state index >= 15 is 0 Å². The number of rotatable bonds is 6. The molecular weight excluding hydrogens is 320 g/mol. The third-order valence-corrected chi connectivity index (χ3v) is 4.12. The summed E-state index contributed by atoms with van der Waals surface area (Å²) in [6.45, 7) is 5.00. The van der Waals surface area contributed by atoms with Gasteiger partial charge in [0.25, 0.3) is 5.91 Å². The number of amides is 1. The van der Waals surface area contributed by atoms with Crippen LogP contribution in [-0.4, -0.2) is 72.1 Å². The molecule has 1 saturated heterocycles. The Morgan fingerprint density at radius 2 is 1.92 bits per heavy atom. The SMILES string of the molecule is COc1ccnc(C(=O)NCCN2CCN(c3ncccn3)CC2)c1. The zero-order chi connectivity index (χ0) is 17.5. The van der Waals surface area contributed by atoms with Crippen LogP contribution in [0.3, 0.4) is 0 Å². The maximum absolute atomic E-state index is 12.1. The van der Waals surface area contributed by atoms with E-state index < -0.39 is 0 Å². The minimum absolute atomic E-state index is 0.185. The molecule has 132 valence electrons. The van der Waals surface area contributed by atoms with Gasteiger partial charge in [-0.2, -0.15) is 0 Å². The van der Waals surface area contributed by atoms with Crippen molar-refractivity contribution < 1.29 is 9.53 Å². The van der Waals surface area contributed by atoms with Gasteiger partial charge in [-0.15, -0.1) is 0 Å². The van der Waals surface area contributed by atoms with Gasteiger partial charge in [0.05, 0.1) is 7.11 Å². The molecule has 3 rings (SSSR count). The highest BCUT2D eigenvalue weighted by molar-refractivity contribution is 5.92. The molecule has 2 aromatic heterocycles. The largest absolute Gasteiger partial charge is 0.497 e. The first-order valence-corrected chi connectivity index (χ1v) is 8.29. The van der Waals surface area contributed by atoms with Gasteiger partial charge in [-0.3, -0.25) is 14.7 Å². The summed E-state index contributed by atoms with van der Waals surface area (Å²) in [4.78, 5) is 29.2. The molecule has 0 aliphatic carbocycles. The Kier molecular flexibility index (Phi) is 5.73. The average molecular weight is 342 g/mol. The number of piperazine rings is 1. The van der Waals surface area contributed by atoms with Crippen molar-refractivity contribution in [2.24, 2.45) is 0 Å². The fraction of sp³-hybridized carbons (Fsp3) is 0.412. The molecular formula is C17H22N6O2. The lowest BCUT2D eigenvalue weighted by atomic mass is 10.3. The average Bonchev–Trinajstić information content (AvgIpc) is 2.69. The van der Waals surface area contributed by atoms with Crippen LogP contribution in [0.1, 0.15) is 10.5 Å². The summed E-state index contributed by atoms with van der Waals surface area (Å²) in [7, 11) is 1.57. The van der Waals surface area contributed by atoms with Crippen LogP contribution in [0.15, 0.2) is 36.8 Å². The lowest BCUT2D eigenvalue weighted by molar-refractivity contribution is 0.0942. The minimum atomic E-state index is -0.185. The second-order valence-corrected chi connectivity index (χ2v) is 5.71. The van der Waals surface area contributed by atoms with Crippen molar-refractivity contribution >= 4 is 11.9 Å². The summed E-state index contributed by atoms with van der Waals surface area (Å²) in [5.74, 6) is 1.22. The topological polar surface area (TPSA) is 83.5 Å². The zero-order valence-electron chi connectivity index (χ0n) is 14.3. The number of hydrogen-bond acceptors (Lipinski definition) is 7. The highest BCUT2D eigenvalue weighted by Gasteiger charge is 2.18. The van der Waals surface area contributed by atoms with Gasteiger partial charge in [0.15, 0.2) is 0 Å². The Bertz CT molecular complexity index is 689. The lowest BCUT2D eigenvalue weighted by Crippen LogP contribution is -2.49. The van der Waals surface area contributed by atoms with E-state index in [9.17, 15) is 4.79 Å². The number of carbonyl (C=O) groups excluding carboxylic acids is 1. The summed E-state index contributed by atoms with van der Waals surface area (Å²) in [5.41, 5.74) is 0.366. The standard InChI is InChI=1S/C17H22N6O2/c1-25-14-3-6-18-15(13-14)16(24)19-7-8-22-9-11-23(12-10-22)17-20-4-2-5-21-17/h2-6,13H,7-12H2,1H3,(H,19,24). The first kappa shape index (κ1) is 17.1. The van der Waals surface area contributed by atoms with Gasteiger partial charge < -0.3 is 15.0 Å². The number of ether oxygens (including phenoxy) is 1. The quantitative estimate of drug-likeness (QED) is 0.815. The molecule has 8 nitrogen and oxygen atoms in total. The predicted octanol–water partition coefficient (Wildman–Crippen LogP) is 0.432. The molecule has 0 spiro atoms. The lowest BCUT2D eigenvalue weighted by Gasteiger charge is -2.34. The summed E-state index contributed by atoms with van der Waals surface area (Å²) in [6.07, 6.45) is 5.09. The molecule has 0 aromatic carbocycles. The molecule has 1 fully saturated rings. The summed E-state index contributed by atoms with van der Waals surface area (Å²) in [5, 5.41) is 2.90. The van der Waals surface area contributed by atoms with Gasteiger partial charge in [-0.1, -0.05) is 0 Å². The van der Waals surface area contributed by atoms with Crippen LogP contribution < -0.4 is 15.0 Å². The number of aromatic nitrogens is 3. The van der Waals surface area contributed by atoms with Crippen molar-refractivity contribution in [2.45, 2.75) is 0 Å². The fourth-order valence-electron chi connectivity index (χ4n) is 2.71. The monoisotopic (exact) mass is 342 g/mol. The molecule has 1 aliphatic heterocycles. The number of nitrogens with one attached hydrogen (secondary N) is 1. The Morgan fingerprint density at radius 3 is 2.64 bits per heavy atom. The molecule has 0 radical (unpaired) electrons. The third kappa shape index (κ3) is 4.63. The van der Waals surface area contributed by atoms with Crippen molar-refractivity contribution in [1.29, 1.82) is 0 Å². The van der Waals surface area contributed by atoms with Gasteiger partial charge in [0, 0.05) is 63.9 Å². The maximum Gasteiger partial charge on any atom is 0.270 e. The van der Waals surface area contributed by atoms with Crippen LogP contribution in [0.25, 0.3) is 0 Å². The molecule has 0 atom stereocenters. The second-order valence-electron chi connectivity index (χ2n) is 5.71. The van der Waals surface area contributed by atoms with E-state index in [1.807, 2.05) is 6.07 Å². The molecule has 0 unspecified atom stereocenters. The van der Waals surface area contributed by atoms with Crippen molar-refractivity contribution in [3.63, 3.8) is 0 Å². The Hall–Kier alpha value is -2.74. The summed E-state index contributed by atoms with van der Waals surface area (Å²) < 4.78 is 5.11. The first-order chi connectivity index (χ1) is 12.3. The van der Waals surface area contributed by atoms with Crippen LogP contribution in [0.5, 0.6) is 5.75 Å². The highest BCUT2D eigenvalue weighted by Crippen LogP contribution is 2.10. The number of methoxy groups -OCH3 is 1. The maximum atomic E-state index is 12.1. The molecule has 25 heavy (non-hydrogen) atoms. The van der Waals surface area contributed by atoms with E-state index in [-0.39, 0.29) is 5.91 Å². The molecule has 1 N–H and O–H groups in total. The molecule has 1 aliphatic rings. The van der Waals surface area contributed by atoms with Crippen LogP contribution >= 0.6 is 0 Å². The molecule has 0 bridgehead atoms. The molecule has 2 aromatic rings. The predicted molar refractivity (Wildman–Crippen MR) is 93.8 cm³/mol. The van der Waals surface area contributed by atoms with E-state index in [0.717, 1.165) is 38.7 Å². The van der Waals surface area contributed by atoms with Crippen molar-refractivity contribution in [3.05, 3.63) is 42.5 Å².